The molecule has 0 atom stereocenters. The van der Waals surface area contributed by atoms with Gasteiger partial charge in [0.05, 0.1) is 6.61 Å². The van der Waals surface area contributed by atoms with E-state index < -0.39 is 0 Å². The van der Waals surface area contributed by atoms with E-state index in [9.17, 15) is 0 Å². The number of hydrogen-bond donors (Lipinski definition) is 0. The van der Waals surface area contributed by atoms with Gasteiger partial charge in [0.2, 0.25) is 0 Å². The second-order valence-electron chi connectivity index (χ2n) is 3.57. The maximum absolute atomic E-state index is 6.00. The van der Waals surface area contributed by atoms with Gasteiger partial charge in [0.15, 0.2) is 0 Å². The Kier molecular flexibility index (Phi) is 2.41. The molecule has 0 radical (unpaired) electrons. The van der Waals surface area contributed by atoms with Crippen LogP contribution < -0.4 is 4.74 Å². The zero-order valence-corrected chi connectivity index (χ0v) is 10.6. The van der Waals surface area contributed by atoms with E-state index in [1.807, 2.05) is 22.9 Å². The third kappa shape index (κ3) is 1.53. The molecule has 0 spiro atoms. The van der Waals surface area contributed by atoms with Crippen LogP contribution in [0.15, 0.2) is 28.9 Å². The molecule has 16 heavy (non-hydrogen) atoms. The van der Waals surface area contributed by atoms with E-state index in [-0.39, 0.29) is 0 Å². The lowest BCUT2D eigenvalue weighted by atomic mass is 10.3. The van der Waals surface area contributed by atoms with Gasteiger partial charge in [-0.1, -0.05) is 11.6 Å². The highest BCUT2D eigenvalue weighted by atomic mass is 79.9. The largest absolute Gasteiger partial charge is 0.491 e. The third-order valence-electron chi connectivity index (χ3n) is 2.54. The van der Waals surface area contributed by atoms with Crippen LogP contribution in [0.1, 0.15) is 5.69 Å². The molecule has 82 valence electrons. The topological polar surface area (TPSA) is 27.1 Å². The Morgan fingerprint density at radius 1 is 1.44 bits per heavy atom. The molecule has 0 saturated carbocycles. The van der Waals surface area contributed by atoms with E-state index in [0.717, 1.165) is 28.0 Å². The van der Waals surface area contributed by atoms with Crippen LogP contribution in [0.25, 0.3) is 5.69 Å². The van der Waals surface area contributed by atoms with Crippen LogP contribution in [0.3, 0.4) is 0 Å². The predicted molar refractivity (Wildman–Crippen MR) is 65.5 cm³/mol. The van der Waals surface area contributed by atoms with Crippen molar-refractivity contribution in [3.8, 4) is 11.4 Å². The molecule has 0 N–H and O–H groups in total. The van der Waals surface area contributed by atoms with E-state index in [0.29, 0.717) is 11.6 Å². The standard InChI is InChI=1S/C11H8BrClN2O/c12-9-5-7(13)6-10-11(9)15-8(1-3-14-15)2-4-16-10/h1,3,5-6H,2,4H2. The molecule has 0 aliphatic carbocycles. The maximum atomic E-state index is 6.00. The van der Waals surface area contributed by atoms with Crippen molar-refractivity contribution in [2.45, 2.75) is 6.42 Å². The van der Waals surface area contributed by atoms with Crippen LogP contribution in [0.5, 0.6) is 5.75 Å². The first kappa shape index (κ1) is 10.2. The molecule has 0 unspecified atom stereocenters. The molecule has 0 fully saturated rings. The number of rotatable bonds is 0. The molecular weight excluding hydrogens is 291 g/mol. The van der Waals surface area contributed by atoms with E-state index in [2.05, 4.69) is 21.0 Å². The van der Waals surface area contributed by atoms with E-state index in [1.54, 1.807) is 6.20 Å². The molecule has 3 nitrogen and oxygen atoms in total. The molecule has 1 aliphatic rings. The van der Waals surface area contributed by atoms with Crippen molar-refractivity contribution in [3.63, 3.8) is 0 Å². The normalized spacial score (nSPS) is 13.6. The molecule has 0 bridgehead atoms. The first-order valence-corrected chi connectivity index (χ1v) is 6.08. The fourth-order valence-electron chi connectivity index (χ4n) is 1.84. The number of ether oxygens (including phenoxy) is 1. The Balaban J connectivity index is 2.31. The predicted octanol–water partition coefficient (Wildman–Crippen LogP) is 3.22. The Morgan fingerprint density at radius 3 is 3.19 bits per heavy atom. The van der Waals surface area contributed by atoms with Gasteiger partial charge in [0.1, 0.15) is 11.4 Å². The van der Waals surface area contributed by atoms with Crippen molar-refractivity contribution in [1.29, 1.82) is 0 Å². The summed E-state index contributed by atoms with van der Waals surface area (Å²) >= 11 is 9.49. The van der Waals surface area contributed by atoms with Crippen molar-refractivity contribution in [2.75, 3.05) is 6.61 Å². The second-order valence-corrected chi connectivity index (χ2v) is 4.86. The SMILES string of the molecule is Clc1cc(Br)c2c(c1)OCCc1ccnn1-2. The lowest BCUT2D eigenvalue weighted by Crippen LogP contribution is -2.01. The molecule has 1 aromatic heterocycles. The molecule has 1 aliphatic heterocycles. The molecule has 1 aromatic carbocycles. The summed E-state index contributed by atoms with van der Waals surface area (Å²) in [6.07, 6.45) is 2.64. The lowest BCUT2D eigenvalue weighted by molar-refractivity contribution is 0.326. The zero-order chi connectivity index (χ0) is 11.1. The number of nitrogens with zero attached hydrogens (tertiary/aromatic N) is 2. The molecule has 2 heterocycles. The van der Waals surface area contributed by atoms with Gasteiger partial charge in [0, 0.05) is 33.9 Å². The van der Waals surface area contributed by atoms with Gasteiger partial charge in [-0.25, -0.2) is 4.68 Å². The van der Waals surface area contributed by atoms with Crippen LogP contribution >= 0.6 is 27.5 Å². The molecule has 5 heteroatoms. The summed E-state index contributed by atoms with van der Waals surface area (Å²) in [6, 6.07) is 5.67. The smallest absolute Gasteiger partial charge is 0.147 e. The second kappa shape index (κ2) is 3.79. The molecular formula is C11H8BrClN2O. The maximum Gasteiger partial charge on any atom is 0.147 e. The summed E-state index contributed by atoms with van der Waals surface area (Å²) in [5, 5.41) is 4.97. The molecule has 0 saturated heterocycles. The van der Waals surface area contributed by atoms with Gasteiger partial charge in [-0.15, -0.1) is 0 Å². The number of halogens is 2. The Hall–Kier alpha value is -1.00. The average Bonchev–Trinajstić information content (AvgIpc) is 2.59. The summed E-state index contributed by atoms with van der Waals surface area (Å²) in [7, 11) is 0. The van der Waals surface area contributed by atoms with Gasteiger partial charge < -0.3 is 4.74 Å². The first-order chi connectivity index (χ1) is 7.75. The van der Waals surface area contributed by atoms with Crippen molar-refractivity contribution in [2.24, 2.45) is 0 Å². The van der Waals surface area contributed by atoms with Gasteiger partial charge >= 0.3 is 0 Å². The van der Waals surface area contributed by atoms with Crippen LogP contribution in [-0.4, -0.2) is 16.4 Å². The van der Waals surface area contributed by atoms with Gasteiger partial charge in [-0.2, -0.15) is 5.10 Å². The fourth-order valence-corrected chi connectivity index (χ4v) is 2.79. The fraction of sp³-hybridized carbons (Fsp3) is 0.182. The Labute approximate surface area is 106 Å². The van der Waals surface area contributed by atoms with E-state index >= 15 is 0 Å². The number of fused-ring (bicyclic) bond motifs is 3. The minimum absolute atomic E-state index is 0.644. The summed E-state index contributed by atoms with van der Waals surface area (Å²) in [4.78, 5) is 0. The van der Waals surface area contributed by atoms with E-state index in [1.165, 1.54) is 0 Å². The third-order valence-corrected chi connectivity index (χ3v) is 3.36. The van der Waals surface area contributed by atoms with Crippen molar-refractivity contribution >= 4 is 27.5 Å². The van der Waals surface area contributed by atoms with Gasteiger partial charge in [-0.05, 0) is 28.1 Å². The number of aromatic nitrogens is 2. The highest BCUT2D eigenvalue weighted by Gasteiger charge is 2.18. The summed E-state index contributed by atoms with van der Waals surface area (Å²) < 4.78 is 8.46. The minimum atomic E-state index is 0.644. The minimum Gasteiger partial charge on any atom is -0.491 e. The van der Waals surface area contributed by atoms with Crippen molar-refractivity contribution < 1.29 is 4.74 Å². The van der Waals surface area contributed by atoms with Crippen LogP contribution in [0, 0.1) is 0 Å². The van der Waals surface area contributed by atoms with Crippen LogP contribution in [-0.2, 0) is 6.42 Å². The quantitative estimate of drug-likeness (QED) is 0.747. The number of hydrogen-bond acceptors (Lipinski definition) is 2. The van der Waals surface area contributed by atoms with Crippen LogP contribution in [0.4, 0.5) is 0 Å². The molecule has 3 rings (SSSR count). The van der Waals surface area contributed by atoms with Crippen LogP contribution in [0.2, 0.25) is 5.02 Å². The Morgan fingerprint density at radius 2 is 2.31 bits per heavy atom. The molecule has 0 amide bonds. The van der Waals surface area contributed by atoms with Crippen molar-refractivity contribution in [3.05, 3.63) is 39.6 Å². The zero-order valence-electron chi connectivity index (χ0n) is 8.28. The highest BCUT2D eigenvalue weighted by molar-refractivity contribution is 9.10. The first-order valence-electron chi connectivity index (χ1n) is 4.91. The average molecular weight is 300 g/mol. The van der Waals surface area contributed by atoms with E-state index in [4.69, 9.17) is 16.3 Å². The van der Waals surface area contributed by atoms with Gasteiger partial charge in [-0.3, -0.25) is 0 Å². The number of benzene rings is 1. The highest BCUT2D eigenvalue weighted by Crippen LogP contribution is 2.36. The van der Waals surface area contributed by atoms with Crippen molar-refractivity contribution in [1.82, 2.24) is 9.78 Å². The summed E-state index contributed by atoms with van der Waals surface area (Å²) in [6.45, 7) is 0.644. The Bertz CT molecular complexity index is 553. The monoisotopic (exact) mass is 298 g/mol. The summed E-state index contributed by atoms with van der Waals surface area (Å²) in [5.41, 5.74) is 2.06. The summed E-state index contributed by atoms with van der Waals surface area (Å²) in [5.74, 6) is 0.766. The molecule has 2 aromatic rings. The van der Waals surface area contributed by atoms with Gasteiger partial charge in [0.25, 0.3) is 0 Å². The lowest BCUT2D eigenvalue weighted by Gasteiger charge is -2.10.